The molecule has 2 N–H and O–H groups in total. The molecule has 0 radical (unpaired) electrons. The lowest BCUT2D eigenvalue weighted by Crippen LogP contribution is -2.60. The number of aliphatic hydroxyl groups is 2. The van der Waals surface area contributed by atoms with Crippen LogP contribution in [0.1, 0.15) is 87.1 Å². The summed E-state index contributed by atoms with van der Waals surface area (Å²) in [4.78, 5) is 58.5. The summed E-state index contributed by atoms with van der Waals surface area (Å²) in [6.07, 6.45) is 0.0415. The van der Waals surface area contributed by atoms with Crippen LogP contribution in [0, 0.1) is 33.8 Å². The molecule has 1 amide bonds. The van der Waals surface area contributed by atoms with E-state index in [0.717, 1.165) is 0 Å². The molecule has 0 aromatic heterocycles. The average Bonchev–Trinajstić information content (AvgIpc) is 3.17. The van der Waals surface area contributed by atoms with Crippen LogP contribution >= 0.6 is 0 Å². The van der Waals surface area contributed by atoms with Gasteiger partial charge in [-0.25, -0.2) is 4.99 Å². The van der Waals surface area contributed by atoms with Crippen molar-refractivity contribution in [3.8, 4) is 0 Å². The molecular formula is C43H63N3O12. The molecule has 4 rings (SSSR count). The summed E-state index contributed by atoms with van der Waals surface area (Å²) in [5.41, 5.74) is -1.71. The summed E-state index contributed by atoms with van der Waals surface area (Å²) < 4.78 is 32.5. The summed E-state index contributed by atoms with van der Waals surface area (Å²) in [6.45, 7) is 14.9. The molecule has 0 aliphatic carbocycles. The maximum atomic E-state index is 14.5. The predicted octanol–water partition coefficient (Wildman–Crippen LogP) is 5.10. The summed E-state index contributed by atoms with van der Waals surface area (Å²) in [5.74, 6) is -5.35. The molecule has 0 saturated carbocycles. The number of nitro groups is 1. The van der Waals surface area contributed by atoms with Crippen LogP contribution in [-0.2, 0) is 38.1 Å². The summed E-state index contributed by atoms with van der Waals surface area (Å²) in [6, 6.07) is 5.84. The molecule has 58 heavy (non-hydrogen) atoms. The van der Waals surface area contributed by atoms with Crippen LogP contribution in [0.25, 0.3) is 6.08 Å². The molecule has 322 valence electrons. The number of carbonyl (C=O) groups excluding carboxylic acids is 3. The summed E-state index contributed by atoms with van der Waals surface area (Å²) >= 11 is 0. The topological polar surface area (TPSA) is 197 Å². The lowest BCUT2D eigenvalue weighted by atomic mass is 9.73. The fourth-order valence-electron chi connectivity index (χ4n) is 8.71. The second kappa shape index (κ2) is 19.6. The van der Waals surface area contributed by atoms with Gasteiger partial charge in [-0.2, -0.15) is 0 Å². The Morgan fingerprint density at radius 3 is 2.43 bits per heavy atom. The number of nitrogens with zero attached hydrogens (tertiary/aromatic N) is 3. The second-order valence-corrected chi connectivity index (χ2v) is 16.9. The number of rotatable bonds is 7. The van der Waals surface area contributed by atoms with Crippen LogP contribution in [0.4, 0.5) is 5.69 Å². The molecule has 15 nitrogen and oxygen atoms in total. The Hall–Kier alpha value is -3.70. The number of ether oxygens (including phenoxy) is 5. The lowest BCUT2D eigenvalue weighted by molar-refractivity contribution is -0.384. The maximum absolute atomic E-state index is 14.5. The van der Waals surface area contributed by atoms with Crippen molar-refractivity contribution in [2.75, 3.05) is 27.3 Å². The molecule has 0 spiro atoms. The van der Waals surface area contributed by atoms with Crippen molar-refractivity contribution in [3.63, 3.8) is 0 Å². The number of non-ortho nitro benzene ring substituents is 1. The highest BCUT2D eigenvalue weighted by Crippen LogP contribution is 2.40. The number of amides is 1. The number of Topliss-reactive ketones (excluding diaryl/α,β-unsaturated/α-hetero) is 1. The van der Waals surface area contributed by atoms with Gasteiger partial charge in [0.1, 0.15) is 23.7 Å². The molecule has 1 unspecified atom stereocenters. The van der Waals surface area contributed by atoms with Gasteiger partial charge >= 0.3 is 5.97 Å². The fraction of sp³-hybridized carbons (Fsp3) is 0.674. The number of esters is 1. The van der Waals surface area contributed by atoms with Gasteiger partial charge in [0.05, 0.1) is 42.1 Å². The van der Waals surface area contributed by atoms with Crippen LogP contribution in [0.3, 0.4) is 0 Å². The first kappa shape index (κ1) is 47.0. The van der Waals surface area contributed by atoms with E-state index in [4.69, 9.17) is 23.7 Å². The zero-order chi connectivity index (χ0) is 43.3. The fourth-order valence-corrected chi connectivity index (χ4v) is 8.71. The van der Waals surface area contributed by atoms with E-state index in [9.17, 15) is 34.7 Å². The average molecular weight is 814 g/mol. The van der Waals surface area contributed by atoms with E-state index in [2.05, 4.69) is 4.99 Å². The molecule has 13 atom stereocenters. The number of benzene rings is 1. The van der Waals surface area contributed by atoms with Crippen molar-refractivity contribution in [3.05, 3.63) is 57.7 Å². The van der Waals surface area contributed by atoms with E-state index >= 15 is 0 Å². The van der Waals surface area contributed by atoms with Gasteiger partial charge in [-0.05, 0) is 78.1 Å². The van der Waals surface area contributed by atoms with Crippen molar-refractivity contribution < 1.29 is 53.2 Å². The minimum Gasteiger partial charge on any atom is -0.459 e. The third-order valence-electron chi connectivity index (χ3n) is 11.9. The Kier molecular flexibility index (Phi) is 15.9. The van der Waals surface area contributed by atoms with Gasteiger partial charge in [0.15, 0.2) is 12.1 Å². The molecule has 2 bridgehead atoms. The zero-order valence-electron chi connectivity index (χ0n) is 35.7. The molecule has 3 fully saturated rings. The number of hydrogen-bond acceptors (Lipinski definition) is 13. The van der Waals surface area contributed by atoms with Gasteiger partial charge in [0, 0.05) is 42.6 Å². The van der Waals surface area contributed by atoms with E-state index in [0.29, 0.717) is 23.3 Å². The summed E-state index contributed by atoms with van der Waals surface area (Å²) in [5, 5.41) is 35.5. The van der Waals surface area contributed by atoms with Crippen LogP contribution in [-0.4, -0.2) is 125 Å². The SMILES string of the molecule is CC[C@H]1OC(=O)[C@H](C)C(=O)[C@H](C)[C@@H](O[C@@H]2O[C@H](C)C[C@H](N(C)C)[C@H]2O)[C@@]2(C)C[C@@H](C)C(=NC(C)=O)[C@H](C)C(OC/C(=C\C=C\c3cccc([N+](=O)[O-])c3)CO2)[C@]1(C)O. The van der Waals surface area contributed by atoms with Gasteiger partial charge in [-0.15, -0.1) is 0 Å². The van der Waals surface area contributed by atoms with Crippen LogP contribution in [0.5, 0.6) is 0 Å². The number of hydrogen-bond donors (Lipinski definition) is 2. The molecule has 1 aromatic carbocycles. The molecule has 3 aliphatic heterocycles. The molecule has 1 aromatic rings. The Morgan fingerprint density at radius 2 is 1.81 bits per heavy atom. The quantitative estimate of drug-likeness (QED) is 0.160. The van der Waals surface area contributed by atoms with Crippen molar-refractivity contribution >= 4 is 35.1 Å². The maximum Gasteiger partial charge on any atom is 0.316 e. The first-order valence-electron chi connectivity index (χ1n) is 20.2. The number of fused-ring (bicyclic) bond motifs is 5. The second-order valence-electron chi connectivity index (χ2n) is 16.9. The molecule has 3 saturated heterocycles. The van der Waals surface area contributed by atoms with Gasteiger partial charge in [-0.1, -0.05) is 58.1 Å². The van der Waals surface area contributed by atoms with E-state index in [-0.39, 0.29) is 43.9 Å². The minimum atomic E-state index is -1.85. The van der Waals surface area contributed by atoms with Crippen molar-refractivity contribution in [2.24, 2.45) is 28.7 Å². The monoisotopic (exact) mass is 813 g/mol. The van der Waals surface area contributed by atoms with E-state index in [1.165, 1.54) is 32.9 Å². The van der Waals surface area contributed by atoms with Crippen molar-refractivity contribution in [1.82, 2.24) is 4.90 Å². The first-order chi connectivity index (χ1) is 27.1. The molecule has 15 heteroatoms. The van der Waals surface area contributed by atoms with E-state index in [1.807, 2.05) is 32.8 Å². The predicted molar refractivity (Wildman–Crippen MR) is 217 cm³/mol. The van der Waals surface area contributed by atoms with Crippen LogP contribution in [0.15, 0.2) is 47.0 Å². The highest BCUT2D eigenvalue weighted by molar-refractivity contribution is 6.00. The number of ketones is 1. The zero-order valence-corrected chi connectivity index (χ0v) is 35.7. The Balaban J connectivity index is 1.97. The Morgan fingerprint density at radius 1 is 1.12 bits per heavy atom. The molecule has 3 heterocycles. The highest BCUT2D eigenvalue weighted by Gasteiger charge is 2.53. The van der Waals surface area contributed by atoms with Gasteiger partial charge in [0.2, 0.25) is 5.91 Å². The van der Waals surface area contributed by atoms with Crippen LogP contribution < -0.4 is 0 Å². The van der Waals surface area contributed by atoms with Crippen molar-refractivity contribution in [1.29, 1.82) is 0 Å². The lowest BCUT2D eigenvalue weighted by Gasteiger charge is -2.47. The standard InChI is InChI=1S/C43H63N3O12/c1-12-34-43(9,51)39-26(4)35(44-29(7)47)24(2)21-42(8,55-23-31(22-54-39)17-13-15-30-16-14-18-32(20-30)46(52)53)38(27(5)36(48)28(6)40(50)57-34)58-41-37(49)33(45(10)11)19-25(3)56-41/h13-18,20,24-28,33-34,37-39,41,49,51H,12,19,21-23H2,1-11H3/b15-13+,31-17+,44-35?/t24-,25-,26+,27+,28-,33+,34-,37-,38-,39?,41+,42-,43-/m1/s1. The number of cyclic esters (lactones) is 1. The Bertz CT molecular complexity index is 1740. The first-order valence-corrected chi connectivity index (χ1v) is 20.2. The number of likely N-dealkylation sites (N-methyl/N-ethyl adjacent to an activating group) is 1. The van der Waals surface area contributed by atoms with Gasteiger partial charge in [0.25, 0.3) is 5.69 Å². The minimum absolute atomic E-state index is 0.0608. The van der Waals surface area contributed by atoms with Gasteiger partial charge in [-0.3, -0.25) is 24.5 Å². The Labute approximate surface area is 341 Å². The summed E-state index contributed by atoms with van der Waals surface area (Å²) in [7, 11) is 3.71. The van der Waals surface area contributed by atoms with E-state index < -0.39 is 88.2 Å². The molecular weight excluding hydrogens is 750 g/mol. The largest absolute Gasteiger partial charge is 0.459 e. The van der Waals surface area contributed by atoms with Gasteiger partial charge < -0.3 is 38.8 Å². The normalized spacial score (nSPS) is 38.6. The highest BCUT2D eigenvalue weighted by atomic mass is 16.7. The van der Waals surface area contributed by atoms with E-state index in [1.54, 1.807) is 58.1 Å². The van der Waals surface area contributed by atoms with Crippen molar-refractivity contribution in [2.45, 2.75) is 136 Å². The third kappa shape index (κ3) is 10.9. The number of allylic oxidation sites excluding steroid dienone is 2. The van der Waals surface area contributed by atoms with Crippen LogP contribution in [0.2, 0.25) is 0 Å². The number of aliphatic hydroxyl groups excluding tert-OH is 1. The number of carbonyl (C=O) groups is 3. The number of nitro benzene ring substituents is 1. The molecule has 3 aliphatic rings. The smallest absolute Gasteiger partial charge is 0.316 e. The third-order valence-corrected chi connectivity index (χ3v) is 11.9. The number of aliphatic imine (C=N–C) groups is 1.